The fourth-order valence-electron chi connectivity index (χ4n) is 4.68. The van der Waals surface area contributed by atoms with E-state index in [1.54, 1.807) is 0 Å². The lowest BCUT2D eigenvalue weighted by Crippen LogP contribution is -2.59. The van der Waals surface area contributed by atoms with Gasteiger partial charge in [0.15, 0.2) is 0 Å². The van der Waals surface area contributed by atoms with E-state index >= 15 is 0 Å². The average molecular weight is 433 g/mol. The van der Waals surface area contributed by atoms with Gasteiger partial charge in [0.1, 0.15) is 0 Å². The van der Waals surface area contributed by atoms with Crippen molar-refractivity contribution in [2.75, 3.05) is 33.0 Å². The zero-order valence-corrected chi connectivity index (χ0v) is 20.7. The number of hydrogen-bond acceptors (Lipinski definition) is 4. The highest BCUT2D eigenvalue weighted by Crippen LogP contribution is 2.46. The van der Waals surface area contributed by atoms with Gasteiger partial charge in [0.2, 0.25) is 0 Å². The number of rotatable bonds is 13. The molecule has 1 aromatic carbocycles. The maximum Gasteiger partial charge on any atom is 0.0756 e. The molecule has 0 aromatic heterocycles. The molecule has 4 heteroatoms. The number of benzene rings is 1. The first-order chi connectivity index (χ1) is 14.8. The summed E-state index contributed by atoms with van der Waals surface area (Å²) in [5.74, 6) is 0. The largest absolute Gasteiger partial charge is 0.380 e. The van der Waals surface area contributed by atoms with Crippen LogP contribution in [0.4, 0.5) is 0 Å². The highest BCUT2D eigenvalue weighted by molar-refractivity contribution is 5.23. The van der Waals surface area contributed by atoms with Crippen LogP contribution in [0, 0.1) is 10.8 Å². The molecular weight excluding hydrogens is 388 g/mol. The third-order valence-electron chi connectivity index (χ3n) is 8.43. The lowest BCUT2D eigenvalue weighted by molar-refractivity contribution is -0.241. The van der Waals surface area contributed by atoms with Gasteiger partial charge in [-0.2, -0.15) is 0 Å². The molecule has 0 radical (unpaired) electrons. The van der Waals surface area contributed by atoms with Gasteiger partial charge in [-0.3, -0.25) is 0 Å². The van der Waals surface area contributed by atoms with E-state index in [1.165, 1.54) is 11.1 Å². The SMILES string of the molecule is CCC1(COC(C)(CC)Cc2ccc(COC(C)(CC)C3(CC)COC3)cc2)COC1. The van der Waals surface area contributed by atoms with Crippen molar-refractivity contribution in [2.45, 2.75) is 91.5 Å². The molecule has 2 saturated heterocycles. The summed E-state index contributed by atoms with van der Waals surface area (Å²) in [6.07, 6.45) is 5.13. The molecule has 176 valence electrons. The molecule has 0 N–H and O–H groups in total. The molecule has 0 spiro atoms. The summed E-state index contributed by atoms with van der Waals surface area (Å²) in [7, 11) is 0. The molecule has 1 aromatic rings. The zero-order valence-electron chi connectivity index (χ0n) is 20.7. The van der Waals surface area contributed by atoms with Crippen LogP contribution >= 0.6 is 0 Å². The molecule has 2 unspecified atom stereocenters. The fourth-order valence-corrected chi connectivity index (χ4v) is 4.68. The molecule has 0 aliphatic carbocycles. The van der Waals surface area contributed by atoms with Crippen LogP contribution in [-0.4, -0.2) is 44.2 Å². The Labute approximate surface area is 190 Å². The highest BCUT2D eigenvalue weighted by Gasteiger charge is 2.52. The Kier molecular flexibility index (Phi) is 7.89. The smallest absolute Gasteiger partial charge is 0.0756 e. The van der Waals surface area contributed by atoms with Gasteiger partial charge in [-0.05, 0) is 50.7 Å². The molecule has 2 heterocycles. The van der Waals surface area contributed by atoms with E-state index in [1.807, 2.05) is 0 Å². The monoisotopic (exact) mass is 432 g/mol. The molecule has 4 nitrogen and oxygen atoms in total. The summed E-state index contributed by atoms with van der Waals surface area (Å²) in [6, 6.07) is 8.90. The van der Waals surface area contributed by atoms with Crippen molar-refractivity contribution in [3.8, 4) is 0 Å². The topological polar surface area (TPSA) is 36.9 Å². The Hall–Kier alpha value is -0.940. The van der Waals surface area contributed by atoms with Crippen LogP contribution in [0.15, 0.2) is 24.3 Å². The molecule has 0 amide bonds. The van der Waals surface area contributed by atoms with Gasteiger partial charge < -0.3 is 18.9 Å². The molecule has 0 saturated carbocycles. The van der Waals surface area contributed by atoms with Gasteiger partial charge in [0, 0.05) is 17.3 Å². The van der Waals surface area contributed by atoms with Gasteiger partial charge in [0.25, 0.3) is 0 Å². The van der Waals surface area contributed by atoms with Gasteiger partial charge in [0.05, 0.1) is 50.8 Å². The number of hydrogen-bond donors (Lipinski definition) is 0. The Morgan fingerprint density at radius 2 is 1.42 bits per heavy atom. The van der Waals surface area contributed by atoms with Crippen LogP contribution in [0.5, 0.6) is 0 Å². The van der Waals surface area contributed by atoms with Crippen molar-refractivity contribution in [1.29, 1.82) is 0 Å². The second kappa shape index (κ2) is 9.91. The minimum Gasteiger partial charge on any atom is -0.380 e. The van der Waals surface area contributed by atoms with Gasteiger partial charge in [-0.15, -0.1) is 0 Å². The minimum atomic E-state index is -0.145. The van der Waals surface area contributed by atoms with Crippen molar-refractivity contribution in [2.24, 2.45) is 10.8 Å². The molecule has 3 rings (SSSR count). The van der Waals surface area contributed by atoms with Crippen LogP contribution in [0.3, 0.4) is 0 Å². The summed E-state index contributed by atoms with van der Waals surface area (Å²) in [5.41, 5.74) is 2.64. The number of ether oxygens (including phenoxy) is 4. The highest BCUT2D eigenvalue weighted by atomic mass is 16.5. The van der Waals surface area contributed by atoms with Crippen molar-refractivity contribution < 1.29 is 18.9 Å². The third kappa shape index (κ3) is 5.19. The molecule has 0 bridgehead atoms. The lowest BCUT2D eigenvalue weighted by Gasteiger charge is -2.53. The summed E-state index contributed by atoms with van der Waals surface area (Å²) < 4.78 is 24.0. The van der Waals surface area contributed by atoms with Gasteiger partial charge >= 0.3 is 0 Å². The Balaban J connectivity index is 1.56. The van der Waals surface area contributed by atoms with E-state index in [0.717, 1.165) is 65.1 Å². The lowest BCUT2D eigenvalue weighted by atomic mass is 9.67. The van der Waals surface area contributed by atoms with E-state index in [2.05, 4.69) is 65.8 Å². The van der Waals surface area contributed by atoms with Gasteiger partial charge in [-0.1, -0.05) is 52.0 Å². The van der Waals surface area contributed by atoms with Crippen molar-refractivity contribution in [3.05, 3.63) is 35.4 Å². The van der Waals surface area contributed by atoms with Crippen molar-refractivity contribution >= 4 is 0 Å². The quantitative estimate of drug-likeness (QED) is 0.386. The normalized spacial score (nSPS) is 23.3. The van der Waals surface area contributed by atoms with E-state index in [-0.39, 0.29) is 22.0 Å². The predicted molar refractivity (Wildman–Crippen MR) is 125 cm³/mol. The Bertz CT molecular complexity index is 681. The summed E-state index contributed by atoms with van der Waals surface area (Å²) in [5, 5.41) is 0. The average Bonchev–Trinajstić information content (AvgIpc) is 2.72. The first-order valence-corrected chi connectivity index (χ1v) is 12.3. The third-order valence-corrected chi connectivity index (χ3v) is 8.43. The van der Waals surface area contributed by atoms with E-state index in [4.69, 9.17) is 18.9 Å². The maximum atomic E-state index is 6.52. The van der Waals surface area contributed by atoms with Crippen molar-refractivity contribution in [3.63, 3.8) is 0 Å². The van der Waals surface area contributed by atoms with E-state index in [9.17, 15) is 0 Å². The molecule has 2 atom stereocenters. The van der Waals surface area contributed by atoms with Crippen LogP contribution in [0.25, 0.3) is 0 Å². The Morgan fingerprint density at radius 1 is 0.806 bits per heavy atom. The molecular formula is C27H44O4. The summed E-state index contributed by atoms with van der Waals surface area (Å²) >= 11 is 0. The van der Waals surface area contributed by atoms with E-state index < -0.39 is 0 Å². The summed E-state index contributed by atoms with van der Waals surface area (Å²) in [6.45, 7) is 18.2. The van der Waals surface area contributed by atoms with Crippen LogP contribution in [0.2, 0.25) is 0 Å². The predicted octanol–water partition coefficient (Wildman–Crippen LogP) is 5.95. The maximum absolute atomic E-state index is 6.52. The molecule has 31 heavy (non-hydrogen) atoms. The second-order valence-electron chi connectivity index (χ2n) is 10.4. The van der Waals surface area contributed by atoms with E-state index in [0.29, 0.717) is 6.61 Å². The zero-order chi connectivity index (χ0) is 22.6. The minimum absolute atomic E-state index is 0.145. The standard InChI is InChI=1S/C27H44O4/c1-7-24(5,31-19-26(9-3)17-28-18-26)15-22-11-13-23(14-12-22)16-30-25(6,8-2)27(10-4)20-29-21-27/h11-14H,7-10,15-21H2,1-6H3. The van der Waals surface area contributed by atoms with Crippen LogP contribution in [0.1, 0.15) is 78.4 Å². The molecule has 2 aliphatic rings. The summed E-state index contributed by atoms with van der Waals surface area (Å²) in [4.78, 5) is 0. The molecule has 2 fully saturated rings. The van der Waals surface area contributed by atoms with Crippen LogP contribution in [-0.2, 0) is 32.0 Å². The van der Waals surface area contributed by atoms with Crippen molar-refractivity contribution in [1.82, 2.24) is 0 Å². The van der Waals surface area contributed by atoms with Crippen LogP contribution < -0.4 is 0 Å². The molecule has 2 aliphatic heterocycles. The first kappa shape index (κ1) is 24.7. The van der Waals surface area contributed by atoms with Gasteiger partial charge in [-0.25, -0.2) is 0 Å². The fraction of sp³-hybridized carbons (Fsp3) is 0.778. The second-order valence-corrected chi connectivity index (χ2v) is 10.4. The first-order valence-electron chi connectivity index (χ1n) is 12.3. The Morgan fingerprint density at radius 3 is 1.84 bits per heavy atom.